The van der Waals surface area contributed by atoms with Crippen LogP contribution < -0.4 is 5.32 Å². The van der Waals surface area contributed by atoms with Gasteiger partial charge < -0.3 is 15.0 Å². The lowest BCUT2D eigenvalue weighted by molar-refractivity contribution is -0.119. The zero-order valence-corrected chi connectivity index (χ0v) is 18.1. The molecule has 2 aromatic carbocycles. The lowest BCUT2D eigenvalue weighted by Gasteiger charge is -2.18. The first-order valence-corrected chi connectivity index (χ1v) is 9.91. The van der Waals surface area contributed by atoms with Gasteiger partial charge >= 0.3 is 5.97 Å². The van der Waals surface area contributed by atoms with E-state index >= 15 is 0 Å². The lowest BCUT2D eigenvalue weighted by atomic mass is 10.2. The summed E-state index contributed by atoms with van der Waals surface area (Å²) in [5.41, 5.74) is 0.872. The summed E-state index contributed by atoms with van der Waals surface area (Å²) >= 11 is 17.8. The fourth-order valence-electron chi connectivity index (χ4n) is 2.50. The maximum absolute atomic E-state index is 12.3. The highest BCUT2D eigenvalue weighted by Crippen LogP contribution is 2.31. The van der Waals surface area contributed by atoms with E-state index in [1.165, 1.54) is 12.1 Å². The Kier molecular flexibility index (Phi) is 8.32. The van der Waals surface area contributed by atoms with Gasteiger partial charge in [-0.3, -0.25) is 9.59 Å². The van der Waals surface area contributed by atoms with E-state index in [2.05, 4.69) is 5.32 Å². The van der Waals surface area contributed by atoms with Crippen molar-refractivity contribution < 1.29 is 19.1 Å². The van der Waals surface area contributed by atoms with Crippen LogP contribution in [0, 0.1) is 0 Å². The summed E-state index contributed by atoms with van der Waals surface area (Å²) in [5.74, 6) is -1.51. The monoisotopic (exact) mass is 456 g/mol. The molecule has 2 aromatic rings. The third kappa shape index (κ3) is 5.85. The number of ether oxygens (including phenoxy) is 1. The summed E-state index contributed by atoms with van der Waals surface area (Å²) in [7, 11) is 0. The van der Waals surface area contributed by atoms with Crippen molar-refractivity contribution >= 4 is 58.3 Å². The van der Waals surface area contributed by atoms with Gasteiger partial charge in [-0.1, -0.05) is 34.8 Å². The molecule has 0 aliphatic rings. The van der Waals surface area contributed by atoms with Gasteiger partial charge in [-0.05, 0) is 50.2 Å². The molecule has 0 unspecified atom stereocenters. The van der Waals surface area contributed by atoms with E-state index in [0.29, 0.717) is 24.3 Å². The zero-order valence-electron chi connectivity index (χ0n) is 15.8. The molecule has 154 valence electrons. The maximum atomic E-state index is 12.3. The first kappa shape index (κ1) is 23.0. The standard InChI is InChI=1S/C20H19Cl3N2O4/c1-3-25(4-2)19(27)12-5-7-13(8-6-12)24-16(26)11-29-20(28)17-14(21)9-10-15(22)18(17)23/h5-10H,3-4,11H2,1-2H3,(H,24,26). The maximum Gasteiger partial charge on any atom is 0.341 e. The first-order valence-electron chi connectivity index (χ1n) is 8.78. The Bertz CT molecular complexity index is 913. The third-order valence-corrected chi connectivity index (χ3v) is 5.17. The Labute approximate surface area is 183 Å². The van der Waals surface area contributed by atoms with Crippen LogP contribution in [0.4, 0.5) is 5.69 Å². The van der Waals surface area contributed by atoms with E-state index in [0.717, 1.165) is 0 Å². The molecular weight excluding hydrogens is 439 g/mol. The van der Waals surface area contributed by atoms with Crippen molar-refractivity contribution in [1.82, 2.24) is 4.90 Å². The number of anilines is 1. The van der Waals surface area contributed by atoms with Crippen molar-refractivity contribution in [1.29, 1.82) is 0 Å². The van der Waals surface area contributed by atoms with Crippen molar-refractivity contribution in [3.05, 3.63) is 62.6 Å². The van der Waals surface area contributed by atoms with Crippen LogP contribution in [0.5, 0.6) is 0 Å². The minimum Gasteiger partial charge on any atom is -0.452 e. The van der Waals surface area contributed by atoms with Gasteiger partial charge in [0.1, 0.15) is 0 Å². The number of hydrogen-bond donors (Lipinski definition) is 1. The van der Waals surface area contributed by atoms with E-state index in [9.17, 15) is 14.4 Å². The molecule has 0 aliphatic carbocycles. The van der Waals surface area contributed by atoms with Gasteiger partial charge in [0.15, 0.2) is 6.61 Å². The van der Waals surface area contributed by atoms with Crippen molar-refractivity contribution in [3.63, 3.8) is 0 Å². The number of esters is 1. The Balaban J connectivity index is 1.95. The molecule has 2 amide bonds. The Morgan fingerprint density at radius 2 is 1.52 bits per heavy atom. The predicted molar refractivity (Wildman–Crippen MR) is 114 cm³/mol. The fraction of sp³-hybridized carbons (Fsp3) is 0.250. The molecule has 0 bridgehead atoms. The summed E-state index contributed by atoms with van der Waals surface area (Å²) in [5, 5.41) is 2.75. The second-order valence-corrected chi connectivity index (χ2v) is 7.09. The number of rotatable bonds is 7. The van der Waals surface area contributed by atoms with Gasteiger partial charge in [0.2, 0.25) is 0 Å². The lowest BCUT2D eigenvalue weighted by Crippen LogP contribution is -2.30. The summed E-state index contributed by atoms with van der Waals surface area (Å²) in [6.45, 7) is 4.49. The van der Waals surface area contributed by atoms with Crippen LogP contribution in [0.15, 0.2) is 36.4 Å². The molecule has 0 atom stereocenters. The SMILES string of the molecule is CCN(CC)C(=O)c1ccc(NC(=O)COC(=O)c2c(Cl)ccc(Cl)c2Cl)cc1. The van der Waals surface area contributed by atoms with Crippen LogP contribution in [0.1, 0.15) is 34.6 Å². The average Bonchev–Trinajstić information content (AvgIpc) is 2.71. The minimum atomic E-state index is -0.863. The predicted octanol–water partition coefficient (Wildman–Crippen LogP) is 4.92. The average molecular weight is 458 g/mol. The van der Waals surface area contributed by atoms with Crippen molar-refractivity contribution in [2.45, 2.75) is 13.8 Å². The molecule has 9 heteroatoms. The molecule has 0 aliphatic heterocycles. The number of nitrogens with zero attached hydrogens (tertiary/aromatic N) is 1. The van der Waals surface area contributed by atoms with E-state index < -0.39 is 18.5 Å². The normalized spacial score (nSPS) is 10.4. The van der Waals surface area contributed by atoms with Crippen molar-refractivity contribution in [3.8, 4) is 0 Å². The van der Waals surface area contributed by atoms with Crippen molar-refractivity contribution in [2.75, 3.05) is 25.0 Å². The van der Waals surface area contributed by atoms with Crippen molar-refractivity contribution in [2.24, 2.45) is 0 Å². The van der Waals surface area contributed by atoms with Gasteiger partial charge in [-0.15, -0.1) is 0 Å². The molecule has 6 nitrogen and oxygen atoms in total. The molecule has 1 N–H and O–H groups in total. The smallest absolute Gasteiger partial charge is 0.341 e. The Morgan fingerprint density at radius 3 is 2.10 bits per heavy atom. The Morgan fingerprint density at radius 1 is 0.931 bits per heavy atom. The highest BCUT2D eigenvalue weighted by molar-refractivity contribution is 6.46. The Hall–Kier alpha value is -2.28. The molecule has 0 aromatic heterocycles. The number of halogens is 3. The van der Waals surface area contributed by atoms with Crippen LogP contribution in [-0.2, 0) is 9.53 Å². The van der Waals surface area contributed by atoms with Crippen LogP contribution >= 0.6 is 34.8 Å². The van der Waals surface area contributed by atoms with E-state index in [1.54, 1.807) is 29.2 Å². The molecule has 0 saturated carbocycles. The largest absolute Gasteiger partial charge is 0.452 e. The van der Waals surface area contributed by atoms with Crippen LogP contribution in [0.3, 0.4) is 0 Å². The molecule has 0 heterocycles. The molecule has 2 rings (SSSR count). The first-order chi connectivity index (χ1) is 13.8. The topological polar surface area (TPSA) is 75.7 Å². The van der Waals surface area contributed by atoms with Crippen LogP contribution in [-0.4, -0.2) is 42.4 Å². The molecule has 29 heavy (non-hydrogen) atoms. The zero-order chi connectivity index (χ0) is 21.6. The number of amides is 2. The van der Waals surface area contributed by atoms with Gasteiger partial charge in [0.05, 0.1) is 20.6 Å². The number of hydrogen-bond acceptors (Lipinski definition) is 4. The van der Waals surface area contributed by atoms with E-state index in [1.807, 2.05) is 13.8 Å². The number of nitrogens with one attached hydrogen (secondary N) is 1. The van der Waals surface area contributed by atoms with Gasteiger partial charge in [-0.2, -0.15) is 0 Å². The van der Waals surface area contributed by atoms with Gasteiger partial charge in [-0.25, -0.2) is 4.79 Å². The summed E-state index contributed by atoms with van der Waals surface area (Å²) in [6.07, 6.45) is 0. The third-order valence-electron chi connectivity index (χ3n) is 4.05. The molecule has 0 saturated heterocycles. The molecule has 0 spiro atoms. The second kappa shape index (κ2) is 10.5. The van der Waals surface area contributed by atoms with Crippen LogP contribution in [0.2, 0.25) is 15.1 Å². The van der Waals surface area contributed by atoms with E-state index in [-0.39, 0.29) is 26.5 Å². The van der Waals surface area contributed by atoms with E-state index in [4.69, 9.17) is 39.5 Å². The molecule has 0 fully saturated rings. The number of benzene rings is 2. The quantitative estimate of drug-likeness (QED) is 0.473. The molecular formula is C20H19Cl3N2O4. The van der Waals surface area contributed by atoms with Gasteiger partial charge in [0, 0.05) is 24.3 Å². The summed E-state index contributed by atoms with van der Waals surface area (Å²) in [4.78, 5) is 38.2. The highest BCUT2D eigenvalue weighted by atomic mass is 35.5. The minimum absolute atomic E-state index is 0.0435. The summed E-state index contributed by atoms with van der Waals surface area (Å²) in [6, 6.07) is 9.29. The highest BCUT2D eigenvalue weighted by Gasteiger charge is 2.20. The number of carbonyl (C=O) groups excluding carboxylic acids is 3. The second-order valence-electron chi connectivity index (χ2n) is 5.90. The molecule has 0 radical (unpaired) electrons. The fourth-order valence-corrected chi connectivity index (χ4v) is 3.19. The van der Waals surface area contributed by atoms with Crippen LogP contribution in [0.25, 0.3) is 0 Å². The van der Waals surface area contributed by atoms with Gasteiger partial charge in [0.25, 0.3) is 11.8 Å². The summed E-state index contributed by atoms with van der Waals surface area (Å²) < 4.78 is 4.96. The number of carbonyl (C=O) groups is 3.